The monoisotopic (exact) mass is 724 g/mol. The van der Waals surface area contributed by atoms with E-state index in [1.54, 1.807) is 0 Å². The molecule has 0 unspecified atom stereocenters. The van der Waals surface area contributed by atoms with Gasteiger partial charge in [-0.05, 0) is 145 Å². The number of benzene rings is 3. The van der Waals surface area contributed by atoms with Crippen molar-refractivity contribution in [2.75, 3.05) is 0 Å². The molecule has 3 heteroatoms. The Bertz CT molecular complexity index is 1900. The number of unbranched alkanes of at least 4 members (excludes halogenated alkanes) is 5. The summed E-state index contributed by atoms with van der Waals surface area (Å²) in [6.45, 7) is 2.23. The number of hydrogen-bond donors (Lipinski definition) is 2. The SMILES string of the molecule is CCCCCc1cc([C@@H]2Cc3cccc(c3)[C@]3(CC[C@@H]4C=c5ccccc5=C[C@@H]4C3)[C@H](C(=O)O)C/C=C/C[C@@H]2CCCCCC[C@@H]2C=CCC2)ccc1O. The highest BCUT2D eigenvalue weighted by atomic mass is 16.4. The molecule has 7 rings (SSSR count). The van der Waals surface area contributed by atoms with Crippen molar-refractivity contribution in [3.05, 3.63) is 124 Å². The van der Waals surface area contributed by atoms with Gasteiger partial charge < -0.3 is 10.2 Å². The van der Waals surface area contributed by atoms with E-state index in [-0.39, 0.29) is 0 Å². The molecule has 0 saturated heterocycles. The molecule has 54 heavy (non-hydrogen) atoms. The van der Waals surface area contributed by atoms with E-state index >= 15 is 0 Å². The van der Waals surface area contributed by atoms with Crippen LogP contribution in [0.4, 0.5) is 0 Å². The summed E-state index contributed by atoms with van der Waals surface area (Å²) in [5.74, 6) is 1.62. The van der Waals surface area contributed by atoms with Crippen LogP contribution in [-0.2, 0) is 23.1 Å². The number of aromatic hydroxyl groups is 1. The molecule has 1 fully saturated rings. The second-order valence-corrected chi connectivity index (χ2v) is 17.4. The molecule has 1 spiro atoms. The topological polar surface area (TPSA) is 57.5 Å². The summed E-state index contributed by atoms with van der Waals surface area (Å²) in [7, 11) is 0. The Hall–Kier alpha value is -3.85. The van der Waals surface area contributed by atoms with Crippen molar-refractivity contribution in [2.24, 2.45) is 29.6 Å². The molecule has 4 aliphatic rings. The van der Waals surface area contributed by atoms with E-state index in [1.165, 1.54) is 84.9 Å². The van der Waals surface area contributed by atoms with Crippen molar-refractivity contribution in [3.63, 3.8) is 0 Å². The lowest BCUT2D eigenvalue weighted by molar-refractivity contribution is -0.145. The molecular weight excluding hydrogens is 661 g/mol. The van der Waals surface area contributed by atoms with Crippen molar-refractivity contribution in [2.45, 2.75) is 134 Å². The van der Waals surface area contributed by atoms with Crippen LogP contribution in [0.1, 0.15) is 138 Å². The standard InChI is InChI=1S/C51H64O3/c1-2-3-6-24-44-35-43(27-28-49(44)52)47-32-38-19-15-25-46(31-38)51(30-29-42-33-40-22-11-12-23-41(40)34-45(42)36-51)48(50(53)54)26-14-13-21-39(47)20-8-5-4-7-16-37-17-9-10-18-37/h9,11-15,17,19,22-23,25,27-28,31,33-35,37,39,42,45,47-48,52H,2-8,10,16,18,20-21,24,26,29-30,32,36H2,1H3,(H,53,54)/b14-13+/t37-,39+,42-,45-,47-,48+,51-/m1/s1. The first-order valence-corrected chi connectivity index (χ1v) is 21.7. The Morgan fingerprint density at radius 3 is 2.37 bits per heavy atom. The predicted octanol–water partition coefficient (Wildman–Crippen LogP) is 11.4. The van der Waals surface area contributed by atoms with Crippen molar-refractivity contribution in [3.8, 4) is 5.75 Å². The van der Waals surface area contributed by atoms with Crippen LogP contribution in [0.2, 0.25) is 0 Å². The van der Waals surface area contributed by atoms with Crippen molar-refractivity contribution in [1.82, 2.24) is 0 Å². The molecule has 286 valence electrons. The molecule has 3 aromatic carbocycles. The minimum atomic E-state index is -0.664. The number of fused-ring (bicyclic) bond motifs is 5. The van der Waals surface area contributed by atoms with Gasteiger partial charge in [0.05, 0.1) is 5.92 Å². The first-order chi connectivity index (χ1) is 26.4. The van der Waals surface area contributed by atoms with Crippen LogP contribution in [-0.4, -0.2) is 16.2 Å². The number of phenolic OH excluding ortho intramolecular Hbond substituents is 1. The Morgan fingerprint density at radius 1 is 0.796 bits per heavy atom. The number of carbonyl (C=O) groups is 1. The number of allylic oxidation sites excluding steroid dienone is 4. The normalized spacial score (nSPS) is 28.2. The third-order valence-corrected chi connectivity index (χ3v) is 13.9. The molecule has 0 radical (unpaired) electrons. The van der Waals surface area contributed by atoms with E-state index in [9.17, 15) is 15.0 Å². The number of aliphatic carboxylic acids is 1. The largest absolute Gasteiger partial charge is 0.508 e. The van der Waals surface area contributed by atoms with Gasteiger partial charge in [-0.2, -0.15) is 0 Å². The van der Waals surface area contributed by atoms with E-state index in [2.05, 4.69) is 104 Å². The van der Waals surface area contributed by atoms with Gasteiger partial charge in [-0.3, -0.25) is 4.79 Å². The van der Waals surface area contributed by atoms with Gasteiger partial charge in [0, 0.05) is 5.41 Å². The molecule has 0 aromatic heterocycles. The molecule has 3 aromatic rings. The molecule has 3 nitrogen and oxygen atoms in total. The molecule has 2 bridgehead atoms. The summed E-state index contributed by atoms with van der Waals surface area (Å²) in [5.41, 5.74) is 4.52. The molecule has 0 heterocycles. The fourth-order valence-electron chi connectivity index (χ4n) is 10.8. The zero-order valence-corrected chi connectivity index (χ0v) is 32.8. The van der Waals surface area contributed by atoms with E-state index in [0.29, 0.717) is 35.8 Å². The summed E-state index contributed by atoms with van der Waals surface area (Å²) in [4.78, 5) is 13.4. The summed E-state index contributed by atoms with van der Waals surface area (Å²) in [5, 5.41) is 24.5. The fraction of sp³-hybridized carbons (Fsp3) is 0.510. The van der Waals surface area contributed by atoms with Crippen LogP contribution in [0.5, 0.6) is 5.75 Å². The first kappa shape index (κ1) is 38.4. The van der Waals surface area contributed by atoms with E-state index in [4.69, 9.17) is 0 Å². The fourth-order valence-corrected chi connectivity index (χ4v) is 10.8. The number of rotatable bonds is 13. The number of phenols is 1. The maximum absolute atomic E-state index is 13.4. The molecule has 2 N–H and O–H groups in total. The Labute approximate surface area is 325 Å². The molecule has 0 amide bonds. The van der Waals surface area contributed by atoms with Gasteiger partial charge in [0.25, 0.3) is 0 Å². The second kappa shape index (κ2) is 18.2. The molecule has 0 aliphatic heterocycles. The van der Waals surface area contributed by atoms with Gasteiger partial charge in [0.1, 0.15) is 5.75 Å². The highest BCUT2D eigenvalue weighted by molar-refractivity contribution is 5.73. The maximum atomic E-state index is 13.4. The van der Waals surface area contributed by atoms with Gasteiger partial charge in [-0.25, -0.2) is 0 Å². The first-order valence-electron chi connectivity index (χ1n) is 21.7. The lowest BCUT2D eigenvalue weighted by Crippen LogP contribution is -2.47. The third kappa shape index (κ3) is 8.98. The van der Waals surface area contributed by atoms with Crippen molar-refractivity contribution in [1.29, 1.82) is 0 Å². The second-order valence-electron chi connectivity index (χ2n) is 17.4. The van der Waals surface area contributed by atoms with Crippen molar-refractivity contribution >= 4 is 18.1 Å². The zero-order valence-electron chi connectivity index (χ0n) is 32.8. The summed E-state index contributed by atoms with van der Waals surface area (Å²) in [6, 6.07) is 24.3. The Morgan fingerprint density at radius 2 is 1.59 bits per heavy atom. The number of carboxylic acid groups (broad SMARTS) is 1. The lowest BCUT2D eigenvalue weighted by atomic mass is 9.55. The van der Waals surface area contributed by atoms with Crippen LogP contribution in [0.15, 0.2) is 91.0 Å². The predicted molar refractivity (Wildman–Crippen MR) is 224 cm³/mol. The average molecular weight is 725 g/mol. The van der Waals surface area contributed by atoms with Crippen LogP contribution >= 0.6 is 0 Å². The van der Waals surface area contributed by atoms with Crippen LogP contribution in [0, 0.1) is 29.6 Å². The zero-order chi connectivity index (χ0) is 37.3. The van der Waals surface area contributed by atoms with Gasteiger partial charge in [0.2, 0.25) is 0 Å². The summed E-state index contributed by atoms with van der Waals surface area (Å²) < 4.78 is 0. The Kier molecular flexibility index (Phi) is 12.9. The van der Waals surface area contributed by atoms with E-state index in [1.807, 2.05) is 6.07 Å². The van der Waals surface area contributed by atoms with Gasteiger partial charge in [-0.1, -0.05) is 143 Å². The number of hydrogen-bond acceptors (Lipinski definition) is 2. The quantitative estimate of drug-likeness (QED) is 0.136. The molecular formula is C51H64O3. The minimum absolute atomic E-state index is 0.318. The molecule has 1 saturated carbocycles. The van der Waals surface area contributed by atoms with Crippen molar-refractivity contribution < 1.29 is 15.0 Å². The van der Waals surface area contributed by atoms with Gasteiger partial charge in [-0.15, -0.1) is 0 Å². The minimum Gasteiger partial charge on any atom is -0.508 e. The molecule has 4 aliphatic carbocycles. The van der Waals surface area contributed by atoms with Crippen LogP contribution in [0.3, 0.4) is 0 Å². The number of carboxylic acids is 1. The Balaban J connectivity index is 1.20. The van der Waals surface area contributed by atoms with Crippen LogP contribution in [0.25, 0.3) is 12.2 Å². The third-order valence-electron chi connectivity index (χ3n) is 13.9. The van der Waals surface area contributed by atoms with Gasteiger partial charge in [0.15, 0.2) is 0 Å². The maximum Gasteiger partial charge on any atom is 0.307 e. The van der Waals surface area contributed by atoms with E-state index < -0.39 is 17.3 Å². The smallest absolute Gasteiger partial charge is 0.307 e. The highest BCUT2D eigenvalue weighted by Crippen LogP contribution is 2.52. The summed E-state index contributed by atoms with van der Waals surface area (Å²) in [6.07, 6.45) is 34.0. The van der Waals surface area contributed by atoms with E-state index in [0.717, 1.165) is 62.8 Å². The highest BCUT2D eigenvalue weighted by Gasteiger charge is 2.49. The van der Waals surface area contributed by atoms with Gasteiger partial charge >= 0.3 is 5.97 Å². The lowest BCUT2D eigenvalue weighted by Gasteiger charge is -2.48. The van der Waals surface area contributed by atoms with Crippen LogP contribution < -0.4 is 10.4 Å². The number of aryl methyl sites for hydroxylation is 1. The summed E-state index contributed by atoms with van der Waals surface area (Å²) >= 11 is 0. The molecule has 7 atom stereocenters. The average Bonchev–Trinajstić information content (AvgIpc) is 3.71.